The summed E-state index contributed by atoms with van der Waals surface area (Å²) in [5.41, 5.74) is 5.52. The standard InChI is InChI=1S/C18H12BN.2H2O/c19-13-10-8-12(9-11-13)14-5-3-6-16-15-4-1-2-7-17(15)20-18(14)16;;/h1-11,20H;2*1H2. The van der Waals surface area contributed by atoms with E-state index in [0.717, 1.165) is 5.46 Å². The molecule has 4 rings (SSSR count). The molecule has 0 bridgehead atoms. The summed E-state index contributed by atoms with van der Waals surface area (Å²) in [6, 6.07) is 22.8. The summed E-state index contributed by atoms with van der Waals surface area (Å²) in [6.45, 7) is 0. The summed E-state index contributed by atoms with van der Waals surface area (Å²) in [6.07, 6.45) is 0. The molecule has 0 saturated carbocycles. The highest BCUT2D eigenvalue weighted by molar-refractivity contribution is 6.32. The van der Waals surface area contributed by atoms with Crippen LogP contribution >= 0.6 is 0 Å². The number of rotatable bonds is 1. The molecule has 2 radical (unpaired) electrons. The molecule has 1 heterocycles. The summed E-state index contributed by atoms with van der Waals surface area (Å²) in [5, 5.41) is 2.52. The third kappa shape index (κ3) is 2.39. The third-order valence-corrected chi connectivity index (χ3v) is 3.76. The van der Waals surface area contributed by atoms with Crippen LogP contribution in [0.4, 0.5) is 0 Å². The first kappa shape index (κ1) is 15.8. The number of fused-ring (bicyclic) bond motifs is 3. The normalized spacial score (nSPS) is 10.2. The molecular formula is C18H16BNO2. The van der Waals surface area contributed by atoms with E-state index in [1.807, 2.05) is 12.1 Å². The highest BCUT2D eigenvalue weighted by atomic mass is 16.0. The Hall–Kier alpha value is -2.56. The first-order valence-electron chi connectivity index (χ1n) is 6.68. The minimum absolute atomic E-state index is 0. The van der Waals surface area contributed by atoms with Crippen LogP contribution in [-0.2, 0) is 0 Å². The topological polar surface area (TPSA) is 78.8 Å². The van der Waals surface area contributed by atoms with Gasteiger partial charge in [0.15, 0.2) is 0 Å². The van der Waals surface area contributed by atoms with Crippen LogP contribution in [0.3, 0.4) is 0 Å². The largest absolute Gasteiger partial charge is 0.412 e. The van der Waals surface area contributed by atoms with Gasteiger partial charge in [-0.3, -0.25) is 0 Å². The van der Waals surface area contributed by atoms with E-state index in [0.29, 0.717) is 0 Å². The Morgan fingerprint density at radius 2 is 1.36 bits per heavy atom. The number of benzene rings is 3. The van der Waals surface area contributed by atoms with Crippen molar-refractivity contribution in [3.8, 4) is 11.1 Å². The van der Waals surface area contributed by atoms with E-state index < -0.39 is 0 Å². The van der Waals surface area contributed by atoms with Gasteiger partial charge in [-0.1, -0.05) is 66.1 Å². The predicted molar refractivity (Wildman–Crippen MR) is 93.9 cm³/mol. The summed E-state index contributed by atoms with van der Waals surface area (Å²) >= 11 is 0. The van der Waals surface area contributed by atoms with Gasteiger partial charge in [0, 0.05) is 21.9 Å². The van der Waals surface area contributed by atoms with Gasteiger partial charge < -0.3 is 15.9 Å². The summed E-state index contributed by atoms with van der Waals surface area (Å²) < 4.78 is 0. The molecule has 22 heavy (non-hydrogen) atoms. The fraction of sp³-hybridized carbons (Fsp3) is 0. The molecule has 4 aromatic rings. The Labute approximate surface area is 129 Å². The van der Waals surface area contributed by atoms with E-state index in [1.165, 1.54) is 32.9 Å². The van der Waals surface area contributed by atoms with Gasteiger partial charge in [-0.25, -0.2) is 0 Å². The van der Waals surface area contributed by atoms with E-state index in [9.17, 15) is 0 Å². The molecule has 0 saturated heterocycles. The molecule has 0 aliphatic rings. The van der Waals surface area contributed by atoms with Crippen LogP contribution in [0.2, 0.25) is 0 Å². The van der Waals surface area contributed by atoms with Gasteiger partial charge in [-0.2, -0.15) is 0 Å². The molecule has 0 unspecified atom stereocenters. The van der Waals surface area contributed by atoms with E-state index in [4.69, 9.17) is 7.85 Å². The molecule has 0 aliphatic heterocycles. The molecule has 108 valence electrons. The summed E-state index contributed by atoms with van der Waals surface area (Å²) in [4.78, 5) is 3.53. The minimum atomic E-state index is 0. The first-order chi connectivity index (χ1) is 9.83. The van der Waals surface area contributed by atoms with Gasteiger partial charge in [-0.05, 0) is 11.6 Å². The Morgan fingerprint density at radius 3 is 2.14 bits per heavy atom. The van der Waals surface area contributed by atoms with Gasteiger partial charge in [-0.15, -0.1) is 0 Å². The number of aromatic nitrogens is 1. The summed E-state index contributed by atoms with van der Waals surface area (Å²) in [7, 11) is 5.77. The number of hydrogen-bond acceptors (Lipinski definition) is 0. The molecule has 5 N–H and O–H groups in total. The quantitative estimate of drug-likeness (QED) is 0.521. The van der Waals surface area contributed by atoms with E-state index >= 15 is 0 Å². The monoisotopic (exact) mass is 289 g/mol. The molecule has 0 atom stereocenters. The zero-order valence-electron chi connectivity index (χ0n) is 11.9. The molecule has 0 spiro atoms. The first-order valence-corrected chi connectivity index (χ1v) is 6.68. The van der Waals surface area contributed by atoms with Crippen molar-refractivity contribution in [2.24, 2.45) is 0 Å². The third-order valence-electron chi connectivity index (χ3n) is 3.76. The number of aromatic amines is 1. The molecular weight excluding hydrogens is 273 g/mol. The van der Waals surface area contributed by atoms with Gasteiger partial charge in [0.1, 0.15) is 7.85 Å². The van der Waals surface area contributed by atoms with Crippen molar-refractivity contribution < 1.29 is 11.0 Å². The van der Waals surface area contributed by atoms with Crippen LogP contribution in [-0.4, -0.2) is 23.8 Å². The van der Waals surface area contributed by atoms with Gasteiger partial charge in [0.2, 0.25) is 0 Å². The van der Waals surface area contributed by atoms with Crippen LogP contribution in [0.15, 0.2) is 66.7 Å². The lowest BCUT2D eigenvalue weighted by molar-refractivity contribution is 0.823. The van der Waals surface area contributed by atoms with Crippen LogP contribution in [0, 0.1) is 0 Å². The SMILES string of the molecule is O.O.[B]c1ccc(-c2cccc3c2[nH]c2ccccc23)cc1. The Balaban J connectivity index is 0.000000882. The Bertz CT molecular complexity index is 913. The second-order valence-corrected chi connectivity index (χ2v) is 5.02. The molecule has 1 aromatic heterocycles. The summed E-state index contributed by atoms with van der Waals surface area (Å²) in [5.74, 6) is 0. The zero-order chi connectivity index (χ0) is 13.5. The average molecular weight is 289 g/mol. The highest BCUT2D eigenvalue weighted by Gasteiger charge is 2.08. The molecule has 3 nitrogen and oxygen atoms in total. The van der Waals surface area contributed by atoms with Crippen molar-refractivity contribution in [3.05, 3.63) is 66.7 Å². The molecule has 0 amide bonds. The fourth-order valence-corrected chi connectivity index (χ4v) is 2.78. The number of para-hydroxylation sites is 2. The van der Waals surface area contributed by atoms with Crippen molar-refractivity contribution in [2.75, 3.05) is 0 Å². The molecule has 0 aliphatic carbocycles. The van der Waals surface area contributed by atoms with Crippen molar-refractivity contribution >= 4 is 35.1 Å². The van der Waals surface area contributed by atoms with Crippen molar-refractivity contribution in [1.82, 2.24) is 4.98 Å². The van der Waals surface area contributed by atoms with Crippen LogP contribution in [0.25, 0.3) is 32.9 Å². The van der Waals surface area contributed by atoms with Gasteiger partial charge in [0.25, 0.3) is 0 Å². The second kappa shape index (κ2) is 6.06. The van der Waals surface area contributed by atoms with Crippen LogP contribution in [0.1, 0.15) is 0 Å². The molecule has 3 aromatic carbocycles. The lowest BCUT2D eigenvalue weighted by Gasteiger charge is -2.04. The average Bonchev–Trinajstić information content (AvgIpc) is 2.87. The predicted octanol–water partition coefficient (Wildman–Crippen LogP) is 2.13. The second-order valence-electron chi connectivity index (χ2n) is 5.02. The Morgan fingerprint density at radius 1 is 0.682 bits per heavy atom. The zero-order valence-corrected chi connectivity index (χ0v) is 11.9. The van der Waals surface area contributed by atoms with E-state index in [2.05, 4.69) is 59.6 Å². The van der Waals surface area contributed by atoms with E-state index in [1.54, 1.807) is 0 Å². The lowest BCUT2D eigenvalue weighted by Crippen LogP contribution is -1.99. The number of nitrogens with one attached hydrogen (secondary N) is 1. The molecule has 4 heteroatoms. The van der Waals surface area contributed by atoms with Gasteiger partial charge >= 0.3 is 0 Å². The number of H-pyrrole nitrogens is 1. The van der Waals surface area contributed by atoms with E-state index in [-0.39, 0.29) is 11.0 Å². The van der Waals surface area contributed by atoms with Gasteiger partial charge in [0.05, 0.1) is 5.52 Å². The lowest BCUT2D eigenvalue weighted by atomic mass is 9.93. The highest BCUT2D eigenvalue weighted by Crippen LogP contribution is 2.32. The van der Waals surface area contributed by atoms with Crippen molar-refractivity contribution in [2.45, 2.75) is 0 Å². The maximum absolute atomic E-state index is 5.77. The van der Waals surface area contributed by atoms with Crippen molar-refractivity contribution in [3.63, 3.8) is 0 Å². The number of hydrogen-bond donors (Lipinski definition) is 1. The minimum Gasteiger partial charge on any atom is -0.412 e. The smallest absolute Gasteiger partial charge is 0.113 e. The van der Waals surface area contributed by atoms with Crippen molar-refractivity contribution in [1.29, 1.82) is 0 Å². The van der Waals surface area contributed by atoms with Crippen LogP contribution in [0.5, 0.6) is 0 Å². The molecule has 0 fully saturated rings. The maximum Gasteiger partial charge on any atom is 0.113 e. The maximum atomic E-state index is 5.77. The fourth-order valence-electron chi connectivity index (χ4n) is 2.78. The van der Waals surface area contributed by atoms with Crippen LogP contribution < -0.4 is 5.46 Å². The Kier molecular flexibility index (Phi) is 4.36.